The summed E-state index contributed by atoms with van der Waals surface area (Å²) in [5.41, 5.74) is 6.35. The van der Waals surface area contributed by atoms with Gasteiger partial charge in [-0.1, -0.05) is 30.0 Å². The Morgan fingerprint density at radius 2 is 0.820 bits per heavy atom. The van der Waals surface area contributed by atoms with Crippen molar-refractivity contribution in [3.63, 3.8) is 0 Å². The van der Waals surface area contributed by atoms with Crippen LogP contribution >= 0.6 is 11.8 Å². The molecular formula is C62H75N13O9S5. The molecule has 13 rings (SSSR count). The van der Waals surface area contributed by atoms with Crippen LogP contribution in [0.4, 0.5) is 23.0 Å². The summed E-state index contributed by atoms with van der Waals surface area (Å²) in [4.78, 5) is 32.8. The second-order valence-electron chi connectivity index (χ2n) is 23.5. The molecule has 27 heteroatoms. The smallest absolute Gasteiger partial charge is 0.248 e. The lowest BCUT2D eigenvalue weighted by atomic mass is 9.93. The van der Waals surface area contributed by atoms with E-state index in [2.05, 4.69) is 90.5 Å². The van der Waals surface area contributed by atoms with E-state index >= 15 is 0 Å². The molecule has 472 valence electrons. The molecule has 1 aliphatic carbocycles. The molecule has 3 saturated heterocycles. The van der Waals surface area contributed by atoms with Crippen LogP contribution in [-0.4, -0.2) is 181 Å². The highest BCUT2D eigenvalue weighted by atomic mass is 32.2. The van der Waals surface area contributed by atoms with E-state index in [1.54, 1.807) is 18.5 Å². The topological polar surface area (TPSA) is 271 Å². The standard InChI is InChI=1S/C24H31N5O3S.C19H22N4O4S2.C19H22N4O2S2/c1-33(31,32)19-10-14-28(15-11-19)21-3-2-4-22-20(21)12-16-29(22)23-9-13-25-24(27-23)26-17-5-7-18(30)8-6-17;1-28(24,25)14-7-11-22(12-8-14)16-4-3-5-17-15(16)9-13-23(17)18-6-10-20-19(21-18)29(2,26)27;1-26-19-20-10-6-18(21-19)23-13-9-15-16(4-3-5-17(15)23)22-11-7-14(8-12-22)27(2,24)25/h2-4,9,12-13,16-19,30H,5-8,10-11,14-15H2,1H3,(H,25,26,27);3-6,9-10,13-14H,7-8,11-12H2,1-2H3;3-6,9-10,13-14H,7-8,11-12H2,1-2H3. The average Bonchev–Trinajstić information content (AvgIpc) is 1.85. The van der Waals surface area contributed by atoms with Crippen LogP contribution in [0.1, 0.15) is 64.2 Å². The highest BCUT2D eigenvalue weighted by Crippen LogP contribution is 2.36. The van der Waals surface area contributed by atoms with Crippen molar-refractivity contribution in [1.82, 2.24) is 43.6 Å². The van der Waals surface area contributed by atoms with Crippen molar-refractivity contribution in [2.24, 2.45) is 0 Å². The Hall–Kier alpha value is -7.17. The zero-order valence-corrected chi connectivity index (χ0v) is 54.5. The second kappa shape index (κ2) is 26.3. The van der Waals surface area contributed by atoms with E-state index in [0.717, 1.165) is 125 Å². The Labute approximate surface area is 524 Å². The molecule has 0 amide bonds. The number of piperidine rings is 3. The van der Waals surface area contributed by atoms with Gasteiger partial charge in [-0.05, 0) is 143 Å². The molecule has 3 aliphatic heterocycles. The molecule has 0 radical (unpaired) electrons. The molecule has 3 aromatic carbocycles. The number of anilines is 4. The zero-order valence-electron chi connectivity index (χ0n) is 50.4. The van der Waals surface area contributed by atoms with Crippen LogP contribution in [0, 0.1) is 0 Å². The molecule has 89 heavy (non-hydrogen) atoms. The maximum atomic E-state index is 11.9. The largest absolute Gasteiger partial charge is 0.393 e. The predicted octanol–water partition coefficient (Wildman–Crippen LogP) is 8.14. The summed E-state index contributed by atoms with van der Waals surface area (Å²) in [7, 11) is -12.5. The number of rotatable bonds is 13. The van der Waals surface area contributed by atoms with Crippen LogP contribution in [0.5, 0.6) is 0 Å². The molecule has 4 fully saturated rings. The first-order chi connectivity index (χ1) is 42.5. The van der Waals surface area contributed by atoms with E-state index < -0.39 is 39.3 Å². The van der Waals surface area contributed by atoms with Crippen LogP contribution in [0.25, 0.3) is 50.2 Å². The van der Waals surface area contributed by atoms with Gasteiger partial charge in [-0.25, -0.2) is 58.6 Å². The van der Waals surface area contributed by atoms with Gasteiger partial charge < -0.3 is 38.8 Å². The zero-order chi connectivity index (χ0) is 62.8. The number of thioether (sulfide) groups is 1. The maximum Gasteiger partial charge on any atom is 0.248 e. The van der Waals surface area contributed by atoms with E-state index in [-0.39, 0.29) is 33.1 Å². The maximum absolute atomic E-state index is 11.9. The van der Waals surface area contributed by atoms with Gasteiger partial charge in [0.1, 0.15) is 47.0 Å². The van der Waals surface area contributed by atoms with Gasteiger partial charge in [-0.3, -0.25) is 0 Å². The molecule has 9 heterocycles. The quantitative estimate of drug-likeness (QED) is 0.0814. The first-order valence-electron chi connectivity index (χ1n) is 29.8. The number of hydrogen-bond acceptors (Lipinski definition) is 20. The third-order valence-corrected chi connectivity index (χ3v) is 23.9. The van der Waals surface area contributed by atoms with Crippen molar-refractivity contribution < 1.29 is 38.8 Å². The second-order valence-corrected chi connectivity index (χ2v) is 33.2. The number of hydrogen-bond donors (Lipinski definition) is 2. The van der Waals surface area contributed by atoms with E-state index in [4.69, 9.17) is 4.98 Å². The first kappa shape index (κ1) is 63.4. The molecule has 1 saturated carbocycles. The normalized spacial score (nSPS) is 18.6. The number of benzene rings is 3. The van der Waals surface area contributed by atoms with Gasteiger partial charge in [0.15, 0.2) is 5.16 Å². The van der Waals surface area contributed by atoms with Crippen molar-refractivity contribution >= 4 is 107 Å². The summed E-state index contributed by atoms with van der Waals surface area (Å²) in [6.45, 7) is 4.33. The Morgan fingerprint density at radius 3 is 1.20 bits per heavy atom. The van der Waals surface area contributed by atoms with Crippen LogP contribution in [0.3, 0.4) is 0 Å². The minimum Gasteiger partial charge on any atom is -0.393 e. The third kappa shape index (κ3) is 14.5. The fraction of sp³-hybridized carbons (Fsp3) is 0.419. The molecule has 4 aliphatic rings. The van der Waals surface area contributed by atoms with Crippen LogP contribution < -0.4 is 20.0 Å². The van der Waals surface area contributed by atoms with E-state index in [1.165, 1.54) is 36.7 Å². The van der Waals surface area contributed by atoms with Gasteiger partial charge in [0.25, 0.3) is 0 Å². The van der Waals surface area contributed by atoms with Crippen LogP contribution in [0.15, 0.2) is 138 Å². The minimum atomic E-state index is -3.51. The van der Waals surface area contributed by atoms with E-state index in [9.17, 15) is 38.8 Å². The van der Waals surface area contributed by atoms with Crippen molar-refractivity contribution in [3.8, 4) is 17.5 Å². The van der Waals surface area contributed by atoms with E-state index in [1.807, 2.05) is 77.9 Å². The van der Waals surface area contributed by atoms with Crippen LogP contribution in [-0.2, 0) is 39.3 Å². The van der Waals surface area contributed by atoms with Gasteiger partial charge in [-0.15, -0.1) is 0 Å². The monoisotopic (exact) mass is 1310 g/mol. The Bertz CT molecular complexity index is 4470. The van der Waals surface area contributed by atoms with Gasteiger partial charge >= 0.3 is 0 Å². The molecular weight excluding hydrogens is 1230 g/mol. The average molecular weight is 1310 g/mol. The molecule has 6 aromatic heterocycles. The predicted molar refractivity (Wildman–Crippen MR) is 354 cm³/mol. The minimum absolute atomic E-state index is 0.187. The number of aliphatic hydroxyl groups excluding tert-OH is 1. The summed E-state index contributed by atoms with van der Waals surface area (Å²) in [5.74, 6) is 2.72. The van der Waals surface area contributed by atoms with Crippen LogP contribution in [0.2, 0.25) is 0 Å². The summed E-state index contributed by atoms with van der Waals surface area (Å²) < 4.78 is 101. The summed E-state index contributed by atoms with van der Waals surface area (Å²) in [5, 5.41) is 16.2. The number of aromatic nitrogens is 9. The molecule has 0 atom stereocenters. The summed E-state index contributed by atoms with van der Waals surface area (Å²) in [6, 6.07) is 30.3. The van der Waals surface area contributed by atoms with Crippen molar-refractivity contribution in [3.05, 3.63) is 128 Å². The fourth-order valence-corrected chi connectivity index (χ4v) is 16.7. The highest BCUT2D eigenvalue weighted by molar-refractivity contribution is 7.98. The first-order valence-corrected chi connectivity index (χ1v) is 38.8. The lowest BCUT2D eigenvalue weighted by Gasteiger charge is -2.33. The van der Waals surface area contributed by atoms with Crippen molar-refractivity contribution in [2.45, 2.75) is 102 Å². The van der Waals surface area contributed by atoms with Gasteiger partial charge in [-0.2, -0.15) is 4.98 Å². The number of sulfone groups is 4. The Kier molecular flexibility index (Phi) is 18.8. The van der Waals surface area contributed by atoms with E-state index in [0.29, 0.717) is 63.4 Å². The Balaban J connectivity index is 0.000000138. The number of nitrogens with one attached hydrogen (secondary N) is 1. The van der Waals surface area contributed by atoms with Gasteiger partial charge in [0.2, 0.25) is 20.9 Å². The fourth-order valence-electron chi connectivity index (χ4n) is 12.6. The molecule has 0 unspecified atom stereocenters. The molecule has 0 spiro atoms. The van der Waals surface area contributed by atoms with Gasteiger partial charge in [0.05, 0.1) is 38.4 Å². The van der Waals surface area contributed by atoms with Gasteiger partial charge in [0, 0.05) is 141 Å². The Morgan fingerprint density at radius 1 is 0.449 bits per heavy atom. The lowest BCUT2D eigenvalue weighted by molar-refractivity contribution is 0.126. The lowest BCUT2D eigenvalue weighted by Crippen LogP contribution is -2.39. The summed E-state index contributed by atoms with van der Waals surface area (Å²) >= 11 is 1.52. The number of aliphatic hydroxyl groups is 1. The molecule has 2 N–H and O–H groups in total. The SMILES string of the molecule is CS(=O)(=O)C1CCN(c2cccc3c2ccn3-c2ccnc(NC3CCC(O)CC3)n2)CC1.CS(=O)(=O)c1nccc(-n2ccc3c(N4CCC(S(C)(=O)=O)CC4)cccc32)n1.CSc1nccc(-n2ccc3c(N4CCC(S(C)(=O)=O)CC4)cccc32)n1. The van der Waals surface area contributed by atoms with Crippen molar-refractivity contribution in [2.75, 3.05) is 90.6 Å². The number of nitrogens with zero attached hydrogens (tertiary/aromatic N) is 12. The number of fused-ring (bicyclic) bond motifs is 3. The molecule has 9 aromatic rings. The third-order valence-electron chi connectivity index (χ3n) is 17.5. The summed E-state index contributed by atoms with van der Waals surface area (Å²) in [6.07, 6.45) is 25.1. The molecule has 0 bridgehead atoms. The van der Waals surface area contributed by atoms with Crippen molar-refractivity contribution in [1.29, 1.82) is 0 Å². The highest BCUT2D eigenvalue weighted by Gasteiger charge is 2.31. The molecule has 22 nitrogen and oxygen atoms in total.